The summed E-state index contributed by atoms with van der Waals surface area (Å²) in [6.45, 7) is 3.56. The molecule has 0 aliphatic heterocycles. The van der Waals surface area contributed by atoms with Gasteiger partial charge in [0.25, 0.3) is 5.56 Å². The number of fused-ring (bicyclic) bond motifs is 1. The first kappa shape index (κ1) is 17.9. The maximum absolute atomic E-state index is 12.2. The second-order valence-corrected chi connectivity index (χ2v) is 8.48. The molecule has 0 aliphatic rings. The molecule has 0 radical (unpaired) electrons. The van der Waals surface area contributed by atoms with Crippen molar-refractivity contribution in [1.29, 1.82) is 0 Å². The Morgan fingerprint density at radius 1 is 1.20 bits per heavy atom. The van der Waals surface area contributed by atoms with Crippen LogP contribution in [0.25, 0.3) is 5.65 Å². The van der Waals surface area contributed by atoms with E-state index in [-0.39, 0.29) is 22.5 Å². The van der Waals surface area contributed by atoms with E-state index < -0.39 is 15.4 Å². The molecule has 7 nitrogen and oxygen atoms in total. The van der Waals surface area contributed by atoms with Gasteiger partial charge in [0.15, 0.2) is 14.9 Å². The maximum atomic E-state index is 12.2. The lowest BCUT2D eigenvalue weighted by atomic mass is 10.2. The number of halogens is 2. The molecule has 0 spiro atoms. The van der Waals surface area contributed by atoms with Gasteiger partial charge in [0.1, 0.15) is 10.8 Å². The first-order valence-electron chi connectivity index (χ1n) is 7.36. The molecule has 3 rings (SSSR count). The summed E-state index contributed by atoms with van der Waals surface area (Å²) < 4.78 is 27.0. The minimum absolute atomic E-state index is 0.100. The molecule has 0 aliphatic carbocycles. The lowest BCUT2D eigenvalue weighted by Gasteiger charge is -2.13. The molecule has 3 aromatic heterocycles. The fourth-order valence-electron chi connectivity index (χ4n) is 2.43. The van der Waals surface area contributed by atoms with E-state index in [1.807, 2.05) is 0 Å². The van der Waals surface area contributed by atoms with Crippen LogP contribution in [0.15, 0.2) is 34.2 Å². The van der Waals surface area contributed by atoms with Crippen LogP contribution in [0.5, 0.6) is 0 Å². The Labute approximate surface area is 153 Å². The zero-order valence-electron chi connectivity index (χ0n) is 13.4. The van der Waals surface area contributed by atoms with Gasteiger partial charge < -0.3 is 4.57 Å². The van der Waals surface area contributed by atoms with Crippen LogP contribution in [0.1, 0.15) is 18.2 Å². The summed E-state index contributed by atoms with van der Waals surface area (Å²) in [5.41, 5.74) is 1.29. The molecule has 0 atom stereocenters. The predicted octanol–water partition coefficient (Wildman–Crippen LogP) is 2.35. The van der Waals surface area contributed by atoms with Crippen molar-refractivity contribution in [2.75, 3.05) is 5.75 Å². The van der Waals surface area contributed by atoms with E-state index in [0.717, 1.165) is 4.52 Å². The van der Waals surface area contributed by atoms with Crippen LogP contribution in [0.3, 0.4) is 0 Å². The lowest BCUT2D eigenvalue weighted by Crippen LogP contribution is -2.20. The Kier molecular flexibility index (Phi) is 4.61. The van der Waals surface area contributed by atoms with Crippen molar-refractivity contribution < 1.29 is 8.42 Å². The average molecular weight is 401 g/mol. The molecule has 10 heteroatoms. The van der Waals surface area contributed by atoms with Gasteiger partial charge in [0, 0.05) is 29.6 Å². The Hall–Kier alpha value is -1.90. The first-order chi connectivity index (χ1) is 11.7. The zero-order valence-corrected chi connectivity index (χ0v) is 15.7. The average Bonchev–Trinajstić information content (AvgIpc) is 2.99. The molecule has 132 valence electrons. The van der Waals surface area contributed by atoms with Crippen LogP contribution in [0.4, 0.5) is 0 Å². The van der Waals surface area contributed by atoms with Gasteiger partial charge in [0.05, 0.1) is 17.3 Å². The standard InChI is InChI=1S/C15H14Cl2N4O3S/c1-3-25(23,24)13-6-14-20(9(2)4-15(22)21(14)19-13)8-10-7-18-12(17)5-11(10)16/h4-7H,3,8H2,1-2H3. The van der Waals surface area contributed by atoms with Crippen LogP contribution in [-0.2, 0) is 16.4 Å². The number of sulfone groups is 1. The Morgan fingerprint density at radius 2 is 1.92 bits per heavy atom. The van der Waals surface area contributed by atoms with Gasteiger partial charge in [-0.1, -0.05) is 30.1 Å². The Balaban J connectivity index is 2.22. The van der Waals surface area contributed by atoms with Crippen molar-refractivity contribution in [3.05, 3.63) is 56.2 Å². The molecule has 3 heterocycles. The predicted molar refractivity (Wildman–Crippen MR) is 95.3 cm³/mol. The van der Waals surface area contributed by atoms with Gasteiger partial charge in [-0.05, 0) is 13.0 Å². The zero-order chi connectivity index (χ0) is 18.4. The fraction of sp³-hybridized carbons (Fsp3) is 0.267. The highest BCUT2D eigenvalue weighted by Crippen LogP contribution is 2.21. The van der Waals surface area contributed by atoms with Crippen molar-refractivity contribution in [3.8, 4) is 0 Å². The van der Waals surface area contributed by atoms with Gasteiger partial charge in [-0.3, -0.25) is 4.79 Å². The van der Waals surface area contributed by atoms with E-state index in [1.54, 1.807) is 17.7 Å². The van der Waals surface area contributed by atoms with E-state index in [9.17, 15) is 13.2 Å². The summed E-state index contributed by atoms with van der Waals surface area (Å²) >= 11 is 12.0. The maximum Gasteiger partial charge on any atom is 0.274 e. The lowest BCUT2D eigenvalue weighted by molar-refractivity contribution is 0.591. The van der Waals surface area contributed by atoms with Crippen molar-refractivity contribution >= 4 is 38.7 Å². The summed E-state index contributed by atoms with van der Waals surface area (Å²) in [6, 6.07) is 4.31. The number of aromatic nitrogens is 4. The first-order valence-corrected chi connectivity index (χ1v) is 9.76. The summed E-state index contributed by atoms with van der Waals surface area (Å²) in [5, 5.41) is 4.53. The smallest absolute Gasteiger partial charge is 0.274 e. The van der Waals surface area contributed by atoms with Crippen LogP contribution in [-0.4, -0.2) is 33.3 Å². The number of rotatable bonds is 4. The van der Waals surface area contributed by atoms with Crippen LogP contribution >= 0.6 is 23.2 Å². The molecule has 3 aromatic rings. The van der Waals surface area contributed by atoms with E-state index in [1.165, 1.54) is 25.1 Å². The second kappa shape index (κ2) is 6.44. The summed E-state index contributed by atoms with van der Waals surface area (Å²) in [6.07, 6.45) is 1.54. The van der Waals surface area contributed by atoms with Gasteiger partial charge >= 0.3 is 0 Å². The quantitative estimate of drug-likeness (QED) is 0.627. The molecule has 0 N–H and O–H groups in total. The highest BCUT2D eigenvalue weighted by Gasteiger charge is 2.19. The van der Waals surface area contributed by atoms with Gasteiger partial charge in [0.2, 0.25) is 0 Å². The molecular formula is C15H14Cl2N4O3S. The number of hydrogen-bond acceptors (Lipinski definition) is 5. The molecule has 0 saturated carbocycles. The number of hydrogen-bond donors (Lipinski definition) is 0. The number of pyridine rings is 1. The summed E-state index contributed by atoms with van der Waals surface area (Å²) in [7, 11) is -3.53. The third-order valence-electron chi connectivity index (χ3n) is 3.84. The van der Waals surface area contributed by atoms with E-state index in [2.05, 4.69) is 10.1 Å². The van der Waals surface area contributed by atoms with Crippen molar-refractivity contribution in [2.24, 2.45) is 0 Å². The third-order valence-corrected chi connectivity index (χ3v) is 5.99. The highest BCUT2D eigenvalue weighted by molar-refractivity contribution is 7.91. The van der Waals surface area contributed by atoms with Crippen molar-refractivity contribution in [1.82, 2.24) is 19.2 Å². The summed E-state index contributed by atoms with van der Waals surface area (Å²) in [5.74, 6) is -0.100. The highest BCUT2D eigenvalue weighted by atomic mass is 35.5. The molecule has 0 fully saturated rings. The molecular weight excluding hydrogens is 387 g/mol. The molecule has 0 aromatic carbocycles. The van der Waals surface area contributed by atoms with Crippen LogP contribution in [0.2, 0.25) is 10.2 Å². The third kappa shape index (κ3) is 3.29. The minimum atomic E-state index is -3.53. The van der Waals surface area contributed by atoms with Crippen LogP contribution in [0, 0.1) is 6.92 Å². The molecule has 0 unspecified atom stereocenters. The second-order valence-electron chi connectivity index (χ2n) is 5.46. The van der Waals surface area contributed by atoms with Gasteiger partial charge in [-0.15, -0.1) is 0 Å². The van der Waals surface area contributed by atoms with E-state index in [0.29, 0.717) is 21.9 Å². The van der Waals surface area contributed by atoms with E-state index in [4.69, 9.17) is 23.2 Å². The largest absolute Gasteiger partial charge is 0.325 e. The SMILES string of the molecule is CCS(=O)(=O)c1cc2n(Cc3cnc(Cl)cc3Cl)c(C)cc(=O)n2n1. The molecule has 25 heavy (non-hydrogen) atoms. The van der Waals surface area contributed by atoms with Gasteiger partial charge in [-0.25, -0.2) is 13.4 Å². The topological polar surface area (TPSA) is 86.3 Å². The molecule has 0 amide bonds. The number of nitrogens with zero attached hydrogens (tertiary/aromatic N) is 4. The Bertz CT molecular complexity index is 1140. The molecule has 0 saturated heterocycles. The minimum Gasteiger partial charge on any atom is -0.325 e. The van der Waals surface area contributed by atoms with Crippen molar-refractivity contribution in [2.45, 2.75) is 25.4 Å². The normalized spacial score (nSPS) is 12.0. The fourth-order valence-corrected chi connectivity index (χ4v) is 3.64. The number of aryl methyl sites for hydroxylation is 1. The Morgan fingerprint density at radius 3 is 2.56 bits per heavy atom. The van der Waals surface area contributed by atoms with Gasteiger partial charge in [-0.2, -0.15) is 9.61 Å². The van der Waals surface area contributed by atoms with Crippen molar-refractivity contribution in [3.63, 3.8) is 0 Å². The monoisotopic (exact) mass is 400 g/mol. The summed E-state index contributed by atoms with van der Waals surface area (Å²) in [4.78, 5) is 16.2. The van der Waals surface area contributed by atoms with E-state index >= 15 is 0 Å². The molecule has 0 bridgehead atoms. The van der Waals surface area contributed by atoms with Crippen LogP contribution < -0.4 is 5.56 Å².